The van der Waals surface area contributed by atoms with Crippen molar-refractivity contribution < 1.29 is 0 Å². The zero-order valence-corrected chi connectivity index (χ0v) is 7.40. The molecule has 0 bridgehead atoms. The van der Waals surface area contributed by atoms with Crippen LogP contribution in [-0.2, 0) is 0 Å². The second kappa shape index (κ2) is 5.13. The van der Waals surface area contributed by atoms with Crippen LogP contribution in [0.2, 0.25) is 0 Å². The lowest BCUT2D eigenvalue weighted by Gasteiger charge is -2.09. The number of benzene rings is 1. The molecular formula is C11H12N2. The Hall–Kier alpha value is -1.59. The van der Waals surface area contributed by atoms with Crippen molar-refractivity contribution in [1.29, 1.82) is 5.26 Å². The van der Waals surface area contributed by atoms with Crippen LogP contribution in [0.5, 0.6) is 0 Å². The van der Waals surface area contributed by atoms with Crippen LogP contribution in [0.15, 0.2) is 43.0 Å². The number of rotatable bonds is 4. The highest BCUT2D eigenvalue weighted by Crippen LogP contribution is 2.10. The van der Waals surface area contributed by atoms with E-state index >= 15 is 0 Å². The minimum Gasteiger partial charge on any atom is -0.295 e. The third-order valence-corrected chi connectivity index (χ3v) is 1.73. The summed E-state index contributed by atoms with van der Waals surface area (Å²) < 4.78 is 0. The first kappa shape index (κ1) is 9.50. The van der Waals surface area contributed by atoms with Crippen LogP contribution in [0.4, 0.5) is 0 Å². The van der Waals surface area contributed by atoms with Gasteiger partial charge in [-0.25, -0.2) is 0 Å². The summed E-state index contributed by atoms with van der Waals surface area (Å²) in [5.74, 6) is 0. The van der Waals surface area contributed by atoms with E-state index < -0.39 is 0 Å². The van der Waals surface area contributed by atoms with Gasteiger partial charge in [0.1, 0.15) is 6.04 Å². The van der Waals surface area contributed by atoms with E-state index in [1.54, 1.807) is 6.08 Å². The van der Waals surface area contributed by atoms with Crippen LogP contribution in [0.3, 0.4) is 0 Å². The van der Waals surface area contributed by atoms with Gasteiger partial charge in [-0.2, -0.15) is 5.26 Å². The van der Waals surface area contributed by atoms with E-state index in [1.807, 2.05) is 30.3 Å². The molecule has 1 aromatic carbocycles. The van der Waals surface area contributed by atoms with Gasteiger partial charge in [0.05, 0.1) is 6.07 Å². The molecule has 0 spiro atoms. The minimum atomic E-state index is -0.237. The van der Waals surface area contributed by atoms with Gasteiger partial charge in [-0.05, 0) is 5.56 Å². The smallest absolute Gasteiger partial charge is 0.121 e. The van der Waals surface area contributed by atoms with Gasteiger partial charge in [0.25, 0.3) is 0 Å². The summed E-state index contributed by atoms with van der Waals surface area (Å²) >= 11 is 0. The number of hydrogen-bond acceptors (Lipinski definition) is 2. The fourth-order valence-electron chi connectivity index (χ4n) is 1.08. The monoisotopic (exact) mass is 172 g/mol. The molecule has 0 saturated heterocycles. The average molecular weight is 172 g/mol. The van der Waals surface area contributed by atoms with Crippen LogP contribution in [-0.4, -0.2) is 6.54 Å². The quantitative estimate of drug-likeness (QED) is 0.705. The average Bonchev–Trinajstić information content (AvgIpc) is 2.21. The zero-order chi connectivity index (χ0) is 9.52. The molecule has 0 amide bonds. The van der Waals surface area contributed by atoms with Crippen molar-refractivity contribution in [3.63, 3.8) is 0 Å². The van der Waals surface area contributed by atoms with Crippen LogP contribution < -0.4 is 5.32 Å². The highest BCUT2D eigenvalue weighted by molar-refractivity contribution is 5.23. The third kappa shape index (κ3) is 2.73. The molecule has 2 nitrogen and oxygen atoms in total. The summed E-state index contributed by atoms with van der Waals surface area (Å²) in [4.78, 5) is 0. The predicted molar refractivity (Wildman–Crippen MR) is 53.0 cm³/mol. The molecule has 0 aliphatic carbocycles. The molecule has 1 N–H and O–H groups in total. The first-order chi connectivity index (χ1) is 6.38. The second-order valence-electron chi connectivity index (χ2n) is 2.67. The molecule has 0 aromatic heterocycles. The van der Waals surface area contributed by atoms with E-state index in [2.05, 4.69) is 18.0 Å². The van der Waals surface area contributed by atoms with E-state index in [0.29, 0.717) is 6.54 Å². The molecule has 0 saturated carbocycles. The Kier molecular flexibility index (Phi) is 3.74. The van der Waals surface area contributed by atoms with Gasteiger partial charge in [-0.15, -0.1) is 6.58 Å². The largest absolute Gasteiger partial charge is 0.295 e. The lowest BCUT2D eigenvalue weighted by atomic mass is 10.1. The summed E-state index contributed by atoms with van der Waals surface area (Å²) in [5, 5.41) is 11.9. The molecule has 1 atom stereocenters. The molecule has 1 rings (SSSR count). The van der Waals surface area contributed by atoms with Crippen LogP contribution >= 0.6 is 0 Å². The topological polar surface area (TPSA) is 35.8 Å². The molecule has 0 radical (unpaired) electrons. The van der Waals surface area contributed by atoms with Crippen molar-refractivity contribution in [3.05, 3.63) is 48.6 Å². The lowest BCUT2D eigenvalue weighted by Crippen LogP contribution is -2.19. The van der Waals surface area contributed by atoms with Crippen molar-refractivity contribution in [2.24, 2.45) is 0 Å². The molecule has 1 unspecified atom stereocenters. The van der Waals surface area contributed by atoms with Crippen molar-refractivity contribution in [2.45, 2.75) is 6.04 Å². The molecule has 0 aliphatic heterocycles. The summed E-state index contributed by atoms with van der Waals surface area (Å²) in [6, 6.07) is 11.6. The SMILES string of the molecule is C=CCNC(C#N)c1ccccc1. The van der Waals surface area contributed by atoms with E-state index in [0.717, 1.165) is 5.56 Å². The molecule has 0 aliphatic rings. The highest BCUT2D eigenvalue weighted by Gasteiger charge is 2.06. The number of nitrogens with zero attached hydrogens (tertiary/aromatic N) is 1. The van der Waals surface area contributed by atoms with Gasteiger partial charge in [-0.3, -0.25) is 5.32 Å². The van der Waals surface area contributed by atoms with Crippen LogP contribution in [0.1, 0.15) is 11.6 Å². The van der Waals surface area contributed by atoms with Crippen molar-refractivity contribution in [1.82, 2.24) is 5.32 Å². The van der Waals surface area contributed by atoms with Gasteiger partial charge in [0.2, 0.25) is 0 Å². The molecule has 2 heteroatoms. The summed E-state index contributed by atoms with van der Waals surface area (Å²) in [7, 11) is 0. The van der Waals surface area contributed by atoms with Gasteiger partial charge in [-0.1, -0.05) is 36.4 Å². The fourth-order valence-corrected chi connectivity index (χ4v) is 1.08. The van der Waals surface area contributed by atoms with E-state index in [1.165, 1.54) is 0 Å². The summed E-state index contributed by atoms with van der Waals surface area (Å²) in [6.45, 7) is 4.23. The molecule has 66 valence electrons. The first-order valence-electron chi connectivity index (χ1n) is 4.17. The first-order valence-corrected chi connectivity index (χ1v) is 4.17. The van der Waals surface area contributed by atoms with E-state index in [9.17, 15) is 0 Å². The standard InChI is InChI=1S/C11H12N2/c1-2-8-13-11(9-12)10-6-4-3-5-7-10/h2-7,11,13H,1,8H2. The predicted octanol–water partition coefficient (Wildman–Crippen LogP) is 2.03. The Bertz CT molecular complexity index is 298. The number of hydrogen-bond donors (Lipinski definition) is 1. The molecular weight excluding hydrogens is 160 g/mol. The van der Waals surface area contributed by atoms with Gasteiger partial charge >= 0.3 is 0 Å². The number of nitriles is 1. The number of nitrogens with one attached hydrogen (secondary N) is 1. The Morgan fingerprint density at radius 3 is 2.69 bits per heavy atom. The maximum Gasteiger partial charge on any atom is 0.121 e. The Morgan fingerprint density at radius 1 is 1.46 bits per heavy atom. The summed E-state index contributed by atoms with van der Waals surface area (Å²) in [6.07, 6.45) is 1.74. The highest BCUT2D eigenvalue weighted by atomic mass is 14.9. The second-order valence-corrected chi connectivity index (χ2v) is 2.67. The molecule has 1 aromatic rings. The zero-order valence-electron chi connectivity index (χ0n) is 7.40. The third-order valence-electron chi connectivity index (χ3n) is 1.73. The maximum atomic E-state index is 8.86. The van der Waals surface area contributed by atoms with E-state index in [-0.39, 0.29) is 6.04 Å². The molecule has 0 heterocycles. The van der Waals surface area contributed by atoms with Crippen molar-refractivity contribution in [3.8, 4) is 6.07 Å². The fraction of sp³-hybridized carbons (Fsp3) is 0.182. The van der Waals surface area contributed by atoms with E-state index in [4.69, 9.17) is 5.26 Å². The van der Waals surface area contributed by atoms with Gasteiger partial charge in [0, 0.05) is 6.54 Å². The van der Waals surface area contributed by atoms with Gasteiger partial charge < -0.3 is 0 Å². The maximum absolute atomic E-state index is 8.86. The van der Waals surface area contributed by atoms with Crippen molar-refractivity contribution >= 4 is 0 Å². The Morgan fingerprint density at radius 2 is 2.15 bits per heavy atom. The normalized spacial score (nSPS) is 11.6. The van der Waals surface area contributed by atoms with Gasteiger partial charge in [0.15, 0.2) is 0 Å². The minimum absolute atomic E-state index is 0.237. The lowest BCUT2D eigenvalue weighted by molar-refractivity contribution is 0.683. The Labute approximate surface area is 78.5 Å². The summed E-state index contributed by atoms with van der Waals surface area (Å²) in [5.41, 5.74) is 0.992. The molecule has 13 heavy (non-hydrogen) atoms. The van der Waals surface area contributed by atoms with Crippen molar-refractivity contribution in [2.75, 3.05) is 6.54 Å². The Balaban J connectivity index is 2.68. The molecule has 0 fully saturated rings. The van der Waals surface area contributed by atoms with Crippen LogP contribution in [0.25, 0.3) is 0 Å². The van der Waals surface area contributed by atoms with Crippen LogP contribution in [0, 0.1) is 11.3 Å².